The van der Waals surface area contributed by atoms with Crippen molar-refractivity contribution in [3.8, 4) is 16.9 Å². The highest BCUT2D eigenvalue weighted by Gasteiger charge is 2.24. The van der Waals surface area contributed by atoms with Crippen LogP contribution in [-0.4, -0.2) is 38.2 Å². The molecule has 0 atom stereocenters. The summed E-state index contributed by atoms with van der Waals surface area (Å²) in [6, 6.07) is 21.8. The fraction of sp³-hybridized carbons (Fsp3) is 0.130. The Hall–Kier alpha value is -3.45. The van der Waals surface area contributed by atoms with Crippen molar-refractivity contribution in [2.45, 2.75) is 11.4 Å². The summed E-state index contributed by atoms with van der Waals surface area (Å²) in [4.78, 5) is 14.5. The maximum absolute atomic E-state index is 12.6. The van der Waals surface area contributed by atoms with E-state index in [1.807, 2.05) is 76.4 Å². The monoisotopic (exact) mass is 413 g/mol. The SMILES string of the molecule is O=C(CSc1ccc(-c2ccc(-n3cccn3)cc2)nn1)N1CCc2ccccc21. The molecule has 0 bridgehead atoms. The second-order valence-corrected chi connectivity index (χ2v) is 7.96. The molecule has 0 spiro atoms. The third-order valence-electron chi connectivity index (χ3n) is 5.10. The smallest absolute Gasteiger partial charge is 0.237 e. The third-order valence-corrected chi connectivity index (χ3v) is 6.01. The van der Waals surface area contributed by atoms with Gasteiger partial charge in [0.2, 0.25) is 5.91 Å². The summed E-state index contributed by atoms with van der Waals surface area (Å²) >= 11 is 1.42. The normalized spacial score (nSPS) is 12.7. The minimum Gasteiger partial charge on any atom is -0.311 e. The van der Waals surface area contributed by atoms with Gasteiger partial charge in [0.05, 0.1) is 17.1 Å². The molecule has 1 aliphatic rings. The Bertz CT molecular complexity index is 1160. The first-order valence-electron chi connectivity index (χ1n) is 9.73. The van der Waals surface area contributed by atoms with Gasteiger partial charge in [-0.3, -0.25) is 4.79 Å². The molecule has 0 saturated heterocycles. The molecule has 30 heavy (non-hydrogen) atoms. The maximum atomic E-state index is 12.6. The number of benzene rings is 2. The number of amides is 1. The highest BCUT2D eigenvalue weighted by atomic mass is 32.2. The van der Waals surface area contributed by atoms with Gasteiger partial charge in [0, 0.05) is 30.2 Å². The van der Waals surface area contributed by atoms with Crippen molar-refractivity contribution >= 4 is 23.4 Å². The second kappa shape index (κ2) is 8.12. The van der Waals surface area contributed by atoms with Crippen LogP contribution in [0.25, 0.3) is 16.9 Å². The molecule has 0 radical (unpaired) electrons. The Kier molecular flexibility index (Phi) is 5.03. The molecule has 0 N–H and O–H groups in total. The summed E-state index contributed by atoms with van der Waals surface area (Å²) in [5.41, 5.74) is 5.04. The molecule has 0 saturated carbocycles. The number of aromatic nitrogens is 4. The van der Waals surface area contributed by atoms with Gasteiger partial charge >= 0.3 is 0 Å². The zero-order valence-electron chi connectivity index (χ0n) is 16.2. The molecule has 5 rings (SSSR count). The number of fused-ring (bicyclic) bond motifs is 1. The zero-order valence-corrected chi connectivity index (χ0v) is 17.0. The van der Waals surface area contributed by atoms with Crippen LogP contribution in [0.5, 0.6) is 0 Å². The molecule has 148 valence electrons. The molecule has 0 aliphatic carbocycles. The van der Waals surface area contributed by atoms with E-state index >= 15 is 0 Å². The van der Waals surface area contributed by atoms with Crippen LogP contribution >= 0.6 is 11.8 Å². The number of carbonyl (C=O) groups is 1. The second-order valence-electron chi connectivity index (χ2n) is 6.97. The van der Waals surface area contributed by atoms with Crippen molar-refractivity contribution in [1.82, 2.24) is 20.0 Å². The summed E-state index contributed by atoms with van der Waals surface area (Å²) < 4.78 is 1.81. The molecule has 1 aliphatic heterocycles. The van der Waals surface area contributed by atoms with Crippen LogP contribution in [0.1, 0.15) is 5.56 Å². The quantitative estimate of drug-likeness (QED) is 0.463. The fourth-order valence-electron chi connectivity index (χ4n) is 3.57. The van der Waals surface area contributed by atoms with Crippen LogP contribution in [0.4, 0.5) is 5.69 Å². The Morgan fingerprint density at radius 3 is 2.60 bits per heavy atom. The lowest BCUT2D eigenvalue weighted by Crippen LogP contribution is -2.30. The Morgan fingerprint density at radius 2 is 1.83 bits per heavy atom. The van der Waals surface area contributed by atoms with Gasteiger partial charge in [0.15, 0.2) is 0 Å². The van der Waals surface area contributed by atoms with Gasteiger partial charge < -0.3 is 4.90 Å². The predicted octanol–water partition coefficient (Wildman–Crippen LogP) is 4.01. The van der Waals surface area contributed by atoms with Crippen LogP contribution in [-0.2, 0) is 11.2 Å². The van der Waals surface area contributed by atoms with Crippen LogP contribution in [0.2, 0.25) is 0 Å². The van der Waals surface area contributed by atoms with E-state index < -0.39 is 0 Å². The Labute approximate surface area is 178 Å². The van der Waals surface area contributed by atoms with E-state index in [-0.39, 0.29) is 5.91 Å². The summed E-state index contributed by atoms with van der Waals surface area (Å²) in [6.07, 6.45) is 4.58. The van der Waals surface area contributed by atoms with E-state index in [9.17, 15) is 4.79 Å². The minimum atomic E-state index is 0.102. The maximum Gasteiger partial charge on any atom is 0.237 e. The van der Waals surface area contributed by atoms with Gasteiger partial charge in [-0.1, -0.05) is 42.1 Å². The molecule has 0 unspecified atom stereocenters. The van der Waals surface area contributed by atoms with Gasteiger partial charge in [0.1, 0.15) is 5.03 Å². The number of hydrogen-bond donors (Lipinski definition) is 0. The summed E-state index contributed by atoms with van der Waals surface area (Å²) in [5, 5.41) is 13.6. The third kappa shape index (κ3) is 3.71. The van der Waals surface area contributed by atoms with Gasteiger partial charge in [-0.05, 0) is 48.4 Å². The first-order valence-corrected chi connectivity index (χ1v) is 10.7. The Balaban J connectivity index is 1.22. The van der Waals surface area contributed by atoms with E-state index in [1.54, 1.807) is 6.20 Å². The van der Waals surface area contributed by atoms with Crippen LogP contribution < -0.4 is 4.90 Å². The van der Waals surface area contributed by atoms with E-state index in [1.165, 1.54) is 17.3 Å². The predicted molar refractivity (Wildman–Crippen MR) is 118 cm³/mol. The number of thioether (sulfide) groups is 1. The van der Waals surface area contributed by atoms with E-state index in [2.05, 4.69) is 21.4 Å². The van der Waals surface area contributed by atoms with Gasteiger partial charge in [0.25, 0.3) is 0 Å². The number of para-hydroxylation sites is 1. The molecule has 1 amide bonds. The topological polar surface area (TPSA) is 63.9 Å². The van der Waals surface area contributed by atoms with Crippen molar-refractivity contribution in [2.24, 2.45) is 0 Å². The number of nitrogens with zero attached hydrogens (tertiary/aromatic N) is 5. The first kappa shape index (κ1) is 18.6. The Morgan fingerprint density at radius 1 is 0.967 bits per heavy atom. The molecule has 7 heteroatoms. The van der Waals surface area contributed by atoms with Crippen molar-refractivity contribution in [2.75, 3.05) is 17.2 Å². The van der Waals surface area contributed by atoms with Gasteiger partial charge in [-0.15, -0.1) is 10.2 Å². The summed E-state index contributed by atoms with van der Waals surface area (Å²) in [5.74, 6) is 0.450. The molecule has 6 nitrogen and oxygen atoms in total. The summed E-state index contributed by atoms with van der Waals surface area (Å²) in [7, 11) is 0. The molecule has 3 heterocycles. The number of rotatable bonds is 5. The minimum absolute atomic E-state index is 0.102. The number of anilines is 1. The molecular formula is C23H19N5OS. The average molecular weight is 414 g/mol. The van der Waals surface area contributed by atoms with E-state index in [0.717, 1.165) is 40.6 Å². The summed E-state index contributed by atoms with van der Waals surface area (Å²) in [6.45, 7) is 0.748. The standard InChI is InChI=1S/C23H19N5OS/c29-23(27-15-12-18-4-1-2-5-21(18)27)16-30-22-11-10-20(25-26-22)17-6-8-19(9-7-17)28-14-3-13-24-28/h1-11,13-14H,12,15-16H2. The van der Waals surface area contributed by atoms with Gasteiger partial charge in [-0.2, -0.15) is 5.10 Å². The molecular weight excluding hydrogens is 394 g/mol. The highest BCUT2D eigenvalue weighted by Crippen LogP contribution is 2.29. The first-order chi connectivity index (χ1) is 14.8. The lowest BCUT2D eigenvalue weighted by Gasteiger charge is -2.16. The fourth-order valence-corrected chi connectivity index (χ4v) is 4.26. The van der Waals surface area contributed by atoms with Crippen LogP contribution in [0, 0.1) is 0 Å². The van der Waals surface area contributed by atoms with Crippen LogP contribution in [0.15, 0.2) is 84.1 Å². The van der Waals surface area contributed by atoms with Crippen LogP contribution in [0.3, 0.4) is 0 Å². The van der Waals surface area contributed by atoms with Gasteiger partial charge in [-0.25, -0.2) is 4.68 Å². The van der Waals surface area contributed by atoms with Crippen molar-refractivity contribution in [3.05, 3.63) is 84.7 Å². The number of carbonyl (C=O) groups excluding carboxylic acids is 1. The largest absolute Gasteiger partial charge is 0.311 e. The lowest BCUT2D eigenvalue weighted by molar-refractivity contribution is -0.116. The lowest BCUT2D eigenvalue weighted by atomic mass is 10.1. The van der Waals surface area contributed by atoms with Crippen molar-refractivity contribution in [1.29, 1.82) is 0 Å². The highest BCUT2D eigenvalue weighted by molar-refractivity contribution is 7.99. The van der Waals surface area contributed by atoms with E-state index in [0.29, 0.717) is 5.75 Å². The zero-order chi connectivity index (χ0) is 20.3. The average Bonchev–Trinajstić information content (AvgIpc) is 3.48. The molecule has 4 aromatic rings. The molecule has 0 fully saturated rings. The molecule has 2 aromatic carbocycles. The van der Waals surface area contributed by atoms with Crippen molar-refractivity contribution in [3.63, 3.8) is 0 Å². The van der Waals surface area contributed by atoms with Crippen molar-refractivity contribution < 1.29 is 4.79 Å². The molecule has 2 aromatic heterocycles. The number of hydrogen-bond acceptors (Lipinski definition) is 5. The van der Waals surface area contributed by atoms with E-state index in [4.69, 9.17) is 0 Å².